The molecular formula is C29H23BrN2O2. The Morgan fingerprint density at radius 1 is 0.971 bits per heavy atom. The van der Waals surface area contributed by atoms with Gasteiger partial charge in [-0.1, -0.05) is 89.6 Å². The third-order valence-corrected chi connectivity index (χ3v) is 6.35. The SMILES string of the molecule is CCc1ccccc1NC(=O)/C(C#N)=C/c1c(OCc2ccccc2Br)ccc2ccccc12. The Hall–Kier alpha value is -3.88. The predicted octanol–water partition coefficient (Wildman–Crippen LogP) is 7.29. The van der Waals surface area contributed by atoms with Crippen LogP contribution in [-0.4, -0.2) is 5.91 Å². The monoisotopic (exact) mass is 510 g/mol. The van der Waals surface area contributed by atoms with E-state index in [9.17, 15) is 10.1 Å². The summed E-state index contributed by atoms with van der Waals surface area (Å²) in [6, 6.07) is 29.2. The maximum absolute atomic E-state index is 13.0. The fourth-order valence-corrected chi connectivity index (χ4v) is 4.15. The smallest absolute Gasteiger partial charge is 0.266 e. The van der Waals surface area contributed by atoms with E-state index in [0.29, 0.717) is 23.6 Å². The summed E-state index contributed by atoms with van der Waals surface area (Å²) in [5.41, 5.74) is 3.42. The molecule has 0 saturated carbocycles. The molecule has 5 heteroatoms. The number of halogens is 1. The predicted molar refractivity (Wildman–Crippen MR) is 140 cm³/mol. The van der Waals surface area contributed by atoms with Gasteiger partial charge in [0.15, 0.2) is 0 Å². The number of nitrogens with zero attached hydrogens (tertiary/aromatic N) is 1. The molecule has 0 bridgehead atoms. The topological polar surface area (TPSA) is 62.1 Å². The minimum absolute atomic E-state index is 0.00741. The lowest BCUT2D eigenvalue weighted by molar-refractivity contribution is -0.112. The molecule has 34 heavy (non-hydrogen) atoms. The van der Waals surface area contributed by atoms with Gasteiger partial charge >= 0.3 is 0 Å². The summed E-state index contributed by atoms with van der Waals surface area (Å²) in [6.07, 6.45) is 2.39. The first kappa shape index (κ1) is 23.3. The number of nitriles is 1. The average Bonchev–Trinajstić information content (AvgIpc) is 2.87. The van der Waals surface area contributed by atoms with Gasteiger partial charge in [0.1, 0.15) is 24.0 Å². The van der Waals surface area contributed by atoms with Crippen LogP contribution >= 0.6 is 15.9 Å². The molecule has 0 saturated heterocycles. The zero-order valence-corrected chi connectivity index (χ0v) is 20.3. The van der Waals surface area contributed by atoms with Crippen molar-refractivity contribution in [2.75, 3.05) is 5.32 Å². The molecule has 4 nitrogen and oxygen atoms in total. The maximum Gasteiger partial charge on any atom is 0.266 e. The van der Waals surface area contributed by atoms with Gasteiger partial charge < -0.3 is 10.1 Å². The van der Waals surface area contributed by atoms with Gasteiger partial charge in [0, 0.05) is 21.3 Å². The van der Waals surface area contributed by atoms with Gasteiger partial charge in [-0.2, -0.15) is 5.26 Å². The first-order valence-electron chi connectivity index (χ1n) is 11.0. The Labute approximate surface area is 207 Å². The van der Waals surface area contributed by atoms with Crippen LogP contribution in [-0.2, 0) is 17.8 Å². The van der Waals surface area contributed by atoms with Crippen LogP contribution in [0.15, 0.2) is 95.0 Å². The normalized spacial score (nSPS) is 11.1. The Bertz CT molecular complexity index is 1420. The fourth-order valence-electron chi connectivity index (χ4n) is 3.75. The lowest BCUT2D eigenvalue weighted by atomic mass is 10.0. The Morgan fingerprint density at radius 2 is 1.68 bits per heavy atom. The lowest BCUT2D eigenvalue weighted by Crippen LogP contribution is -2.14. The van der Waals surface area contributed by atoms with Crippen LogP contribution in [0.1, 0.15) is 23.6 Å². The van der Waals surface area contributed by atoms with Crippen LogP contribution in [0, 0.1) is 11.3 Å². The lowest BCUT2D eigenvalue weighted by Gasteiger charge is -2.14. The van der Waals surface area contributed by atoms with Crippen LogP contribution in [0.5, 0.6) is 5.75 Å². The van der Waals surface area contributed by atoms with Gasteiger partial charge in [-0.15, -0.1) is 0 Å². The van der Waals surface area contributed by atoms with Crippen molar-refractivity contribution in [3.05, 3.63) is 112 Å². The van der Waals surface area contributed by atoms with E-state index < -0.39 is 5.91 Å². The molecule has 4 rings (SSSR count). The van der Waals surface area contributed by atoms with Crippen molar-refractivity contribution >= 4 is 44.4 Å². The Morgan fingerprint density at radius 3 is 2.44 bits per heavy atom. The number of carbonyl (C=O) groups is 1. The van der Waals surface area contributed by atoms with Crippen molar-refractivity contribution < 1.29 is 9.53 Å². The largest absolute Gasteiger partial charge is 0.488 e. The summed E-state index contributed by atoms with van der Waals surface area (Å²) in [6.45, 7) is 2.37. The summed E-state index contributed by atoms with van der Waals surface area (Å²) in [4.78, 5) is 13.0. The molecule has 0 unspecified atom stereocenters. The Kier molecular flexibility index (Phi) is 7.41. The molecule has 0 fully saturated rings. The minimum atomic E-state index is -0.451. The minimum Gasteiger partial charge on any atom is -0.488 e. The van der Waals surface area contributed by atoms with Gasteiger partial charge in [0.2, 0.25) is 0 Å². The van der Waals surface area contributed by atoms with Gasteiger partial charge in [0.25, 0.3) is 5.91 Å². The molecule has 0 radical (unpaired) electrons. The number of ether oxygens (including phenoxy) is 1. The molecule has 4 aromatic carbocycles. The molecule has 0 heterocycles. The van der Waals surface area contributed by atoms with E-state index in [2.05, 4.69) is 27.3 Å². The molecule has 0 atom stereocenters. The van der Waals surface area contributed by atoms with Gasteiger partial charge in [-0.3, -0.25) is 4.79 Å². The van der Waals surface area contributed by atoms with E-state index >= 15 is 0 Å². The number of amides is 1. The molecule has 0 aromatic heterocycles. The second-order valence-corrected chi connectivity index (χ2v) is 8.57. The number of hydrogen-bond acceptors (Lipinski definition) is 3. The van der Waals surface area contributed by atoms with Crippen molar-refractivity contribution in [3.63, 3.8) is 0 Å². The number of benzene rings is 4. The van der Waals surface area contributed by atoms with Gasteiger partial charge in [-0.25, -0.2) is 0 Å². The summed E-state index contributed by atoms with van der Waals surface area (Å²) >= 11 is 3.55. The molecule has 1 N–H and O–H groups in total. The second-order valence-electron chi connectivity index (χ2n) is 7.71. The van der Waals surface area contributed by atoms with Crippen LogP contribution in [0.25, 0.3) is 16.8 Å². The average molecular weight is 511 g/mol. The number of rotatable bonds is 7. The molecule has 4 aromatic rings. The standard InChI is InChI=1S/C29H23BrN2O2/c1-2-20-9-5-8-14-27(20)32-29(33)23(18-31)17-25-24-12-6-3-10-21(24)15-16-28(25)34-19-22-11-4-7-13-26(22)30/h3-17H,2,19H2,1H3,(H,32,33)/b23-17+. The first-order chi connectivity index (χ1) is 16.6. The van der Waals surface area contributed by atoms with E-state index in [0.717, 1.165) is 32.8 Å². The van der Waals surface area contributed by atoms with Crippen molar-refractivity contribution in [2.45, 2.75) is 20.0 Å². The van der Waals surface area contributed by atoms with E-state index in [4.69, 9.17) is 4.74 Å². The quantitative estimate of drug-likeness (QED) is 0.209. The molecule has 1 amide bonds. The molecule has 0 aliphatic carbocycles. The number of anilines is 1. The number of carbonyl (C=O) groups excluding carboxylic acids is 1. The van der Waals surface area contributed by atoms with Gasteiger partial charge in [-0.05, 0) is 47.0 Å². The zero-order valence-electron chi connectivity index (χ0n) is 18.7. The highest BCUT2D eigenvalue weighted by molar-refractivity contribution is 9.10. The first-order valence-corrected chi connectivity index (χ1v) is 11.8. The highest BCUT2D eigenvalue weighted by Gasteiger charge is 2.15. The maximum atomic E-state index is 13.0. The van der Waals surface area contributed by atoms with Crippen LogP contribution in [0.4, 0.5) is 5.69 Å². The molecular weight excluding hydrogens is 488 g/mol. The van der Waals surface area contributed by atoms with Crippen LogP contribution < -0.4 is 10.1 Å². The fraction of sp³-hybridized carbons (Fsp3) is 0.103. The summed E-state index contributed by atoms with van der Waals surface area (Å²) in [5.74, 6) is 0.150. The van der Waals surface area contributed by atoms with Crippen molar-refractivity contribution in [1.29, 1.82) is 5.26 Å². The van der Waals surface area contributed by atoms with Crippen LogP contribution in [0.3, 0.4) is 0 Å². The Balaban J connectivity index is 1.72. The van der Waals surface area contributed by atoms with E-state index in [-0.39, 0.29) is 5.57 Å². The van der Waals surface area contributed by atoms with E-state index in [1.165, 1.54) is 0 Å². The van der Waals surface area contributed by atoms with Gasteiger partial charge in [0.05, 0.1) is 0 Å². The highest BCUT2D eigenvalue weighted by Crippen LogP contribution is 2.32. The number of para-hydroxylation sites is 1. The zero-order chi connectivity index (χ0) is 23.9. The molecule has 0 spiro atoms. The molecule has 168 valence electrons. The number of fused-ring (bicyclic) bond motifs is 1. The number of aryl methyl sites for hydroxylation is 1. The van der Waals surface area contributed by atoms with E-state index in [1.807, 2.05) is 91.9 Å². The summed E-state index contributed by atoms with van der Waals surface area (Å²) < 4.78 is 7.13. The molecule has 0 aliphatic heterocycles. The number of hydrogen-bond donors (Lipinski definition) is 1. The van der Waals surface area contributed by atoms with Crippen molar-refractivity contribution in [3.8, 4) is 11.8 Å². The van der Waals surface area contributed by atoms with Crippen molar-refractivity contribution in [2.24, 2.45) is 0 Å². The third kappa shape index (κ3) is 5.19. The van der Waals surface area contributed by atoms with E-state index in [1.54, 1.807) is 6.08 Å². The molecule has 0 aliphatic rings. The number of nitrogens with one attached hydrogen (secondary N) is 1. The third-order valence-electron chi connectivity index (χ3n) is 5.57. The highest BCUT2D eigenvalue weighted by atomic mass is 79.9. The van der Waals surface area contributed by atoms with Crippen molar-refractivity contribution in [1.82, 2.24) is 0 Å². The second kappa shape index (κ2) is 10.8. The summed E-state index contributed by atoms with van der Waals surface area (Å²) in [7, 11) is 0. The van der Waals surface area contributed by atoms with Crippen LogP contribution in [0.2, 0.25) is 0 Å². The summed E-state index contributed by atoms with van der Waals surface area (Å²) in [5, 5.41) is 14.6.